The van der Waals surface area contributed by atoms with E-state index in [4.69, 9.17) is 110 Å². The molecule has 0 atom stereocenters. The van der Waals surface area contributed by atoms with Crippen LogP contribution in [0.3, 0.4) is 0 Å². The van der Waals surface area contributed by atoms with Gasteiger partial charge in [-0.2, -0.15) is 11.7 Å². The van der Waals surface area contributed by atoms with Crippen LogP contribution in [0.5, 0.6) is 0 Å². The number of nitrogens with zero attached hydrogens (tertiary/aromatic N) is 1. The first-order chi connectivity index (χ1) is 27.4. The van der Waals surface area contributed by atoms with Crippen molar-refractivity contribution < 1.29 is 14.4 Å². The molecular formula is C46H52Cl9MgNO3. The quantitative estimate of drug-likeness (QED) is 0.0466. The van der Waals surface area contributed by atoms with Gasteiger partial charge < -0.3 is 14.4 Å². The van der Waals surface area contributed by atoms with Crippen LogP contribution in [-0.4, -0.2) is 39.9 Å². The maximum absolute atomic E-state index is 11.8. The third-order valence-electron chi connectivity index (χ3n) is 7.01. The van der Waals surface area contributed by atoms with Gasteiger partial charge in [0.05, 0.1) is 51.8 Å². The first-order valence-electron chi connectivity index (χ1n) is 18.3. The Balaban J connectivity index is -0.000000324. The number of rotatable bonds is 12. The number of nitriles is 1. The van der Waals surface area contributed by atoms with Crippen LogP contribution >= 0.6 is 104 Å². The maximum atomic E-state index is 11.8. The molecule has 4 aromatic rings. The van der Waals surface area contributed by atoms with Gasteiger partial charge in [0.2, 0.25) is 5.24 Å². The first-order valence-corrected chi connectivity index (χ1v) is 21.7. The summed E-state index contributed by atoms with van der Waals surface area (Å²) in [6.45, 7) is 15.6. The van der Waals surface area contributed by atoms with Gasteiger partial charge >= 0.3 is 23.1 Å². The Morgan fingerprint density at radius 3 is 1.33 bits per heavy atom. The molecule has 0 radical (unpaired) electrons. The van der Waals surface area contributed by atoms with Gasteiger partial charge in [0, 0.05) is 24.0 Å². The van der Waals surface area contributed by atoms with Gasteiger partial charge in [-0.05, 0) is 103 Å². The standard InChI is InChI=1S/C12H12Cl2O.C11H12Cl2O.C7H3Cl2N.C6H4Cl2.C5H9ClO.C4H9.CH3.Mg/c1-3-4-8(2)12(15)9-5-6-10(13)11(14)7-9;1-2-3-4-11(14)8-5-6-9(12)10(13)7-8;8-6-2-1-5(4-10)3-7(6)9;7-5-3-1-2-4-6(5)8;1-2-3-4-5(6)7;1-3-4-2;;/h5-7H,2-4H2,1H3;5-7H,2-4H2,1H3;1-3H;1-4H;2-4H2,1H3;1,3-4H2,2H3;1H3;/q;;;;;2*-1;+2. The second-order valence-electron chi connectivity index (χ2n) is 11.9. The molecule has 0 aliphatic rings. The molecule has 0 saturated heterocycles. The average Bonchev–Trinajstić information content (AvgIpc) is 3.21. The number of carbonyl (C=O) groups excluding carboxylic acids is 3. The number of ketones is 2. The van der Waals surface area contributed by atoms with E-state index in [0.29, 0.717) is 81.7 Å². The zero-order valence-corrected chi connectivity index (χ0v) is 43.0. The Morgan fingerprint density at radius 1 is 0.583 bits per heavy atom. The van der Waals surface area contributed by atoms with E-state index in [1.54, 1.807) is 60.7 Å². The smallest absolute Gasteiger partial charge is 0.358 e. The number of hydrogen-bond donors (Lipinski definition) is 0. The van der Waals surface area contributed by atoms with Gasteiger partial charge in [0.1, 0.15) is 0 Å². The van der Waals surface area contributed by atoms with Gasteiger partial charge in [-0.3, -0.25) is 14.4 Å². The van der Waals surface area contributed by atoms with Crippen molar-refractivity contribution in [2.75, 3.05) is 0 Å². The van der Waals surface area contributed by atoms with Crippen molar-refractivity contribution in [1.82, 2.24) is 0 Å². The summed E-state index contributed by atoms with van der Waals surface area (Å²) >= 11 is 50.5. The predicted octanol–water partition coefficient (Wildman–Crippen LogP) is 18.4. The molecule has 0 aliphatic carbocycles. The Hall–Kier alpha value is -1.50. The summed E-state index contributed by atoms with van der Waals surface area (Å²) in [7, 11) is 0. The largest absolute Gasteiger partial charge is 2.00 e. The SMILES string of the molecule is C=C(CCC)C(=O)c1ccc(Cl)c(Cl)c1.CCCCC(=O)Cl.CCCCC(=O)c1ccc(Cl)c(Cl)c1.Clc1ccccc1Cl.N#Cc1ccc(Cl)c(Cl)c1.[CH2-]CCC.[CH3-].[Mg+2]. The van der Waals surface area contributed by atoms with Crippen molar-refractivity contribution in [1.29, 1.82) is 5.26 Å². The Kier molecular flexibility index (Phi) is 43.7. The van der Waals surface area contributed by atoms with E-state index in [0.717, 1.165) is 38.5 Å². The normalized spacial score (nSPS) is 9.15. The number of benzene rings is 4. The van der Waals surface area contributed by atoms with Crippen molar-refractivity contribution in [2.24, 2.45) is 0 Å². The summed E-state index contributed by atoms with van der Waals surface area (Å²) in [4.78, 5) is 33.3. The topological polar surface area (TPSA) is 75.0 Å². The molecular weight excluding hydrogens is 958 g/mol. The molecule has 0 bridgehead atoms. The molecule has 4 nitrogen and oxygen atoms in total. The fraction of sp³-hybridized carbons (Fsp3) is 0.304. The maximum Gasteiger partial charge on any atom is 2.00 e. The van der Waals surface area contributed by atoms with Crippen LogP contribution in [0.4, 0.5) is 0 Å². The summed E-state index contributed by atoms with van der Waals surface area (Å²) < 4.78 is 0. The third kappa shape index (κ3) is 31.4. The van der Waals surface area contributed by atoms with E-state index in [1.807, 2.05) is 32.0 Å². The van der Waals surface area contributed by atoms with Crippen molar-refractivity contribution in [3.63, 3.8) is 0 Å². The van der Waals surface area contributed by atoms with Gasteiger partial charge in [-0.25, -0.2) is 0 Å². The summed E-state index contributed by atoms with van der Waals surface area (Å²) in [6.07, 6.45) is 8.89. The number of halogens is 9. The molecule has 14 heteroatoms. The Morgan fingerprint density at radius 2 is 0.983 bits per heavy atom. The van der Waals surface area contributed by atoms with Crippen LogP contribution < -0.4 is 0 Å². The van der Waals surface area contributed by atoms with E-state index >= 15 is 0 Å². The number of carbonyl (C=O) groups is 3. The Labute approximate surface area is 420 Å². The summed E-state index contributed by atoms with van der Waals surface area (Å²) in [5.74, 6) is 0.0702. The molecule has 0 unspecified atom stereocenters. The van der Waals surface area contributed by atoms with Crippen LogP contribution in [0.25, 0.3) is 0 Å². The van der Waals surface area contributed by atoms with Crippen molar-refractivity contribution in [3.8, 4) is 6.07 Å². The van der Waals surface area contributed by atoms with Gasteiger partial charge in [0.15, 0.2) is 11.6 Å². The molecule has 324 valence electrons. The van der Waals surface area contributed by atoms with Crippen LogP contribution in [-0.2, 0) is 4.79 Å². The molecule has 0 fully saturated rings. The van der Waals surface area contributed by atoms with Gasteiger partial charge in [-0.1, -0.05) is 165 Å². The van der Waals surface area contributed by atoms with E-state index < -0.39 is 0 Å². The molecule has 0 heterocycles. The van der Waals surface area contributed by atoms with Crippen LogP contribution in [0.1, 0.15) is 118 Å². The number of Topliss-reactive ketones (excluding diaryl/α,β-unsaturated/α-hetero) is 2. The fourth-order valence-electron chi connectivity index (χ4n) is 3.73. The Bertz CT molecular complexity index is 1880. The average molecular weight is 1010 g/mol. The molecule has 0 amide bonds. The summed E-state index contributed by atoms with van der Waals surface area (Å²) in [5.41, 5.74) is 2.32. The molecule has 0 saturated carbocycles. The van der Waals surface area contributed by atoms with Crippen molar-refractivity contribution >= 4 is 144 Å². The summed E-state index contributed by atoms with van der Waals surface area (Å²) in [6, 6.07) is 23.8. The van der Waals surface area contributed by atoms with Gasteiger partial charge in [0.25, 0.3) is 0 Å². The molecule has 0 aromatic heterocycles. The zero-order chi connectivity index (χ0) is 44.6. The molecule has 4 aromatic carbocycles. The number of unbranched alkanes of at least 4 members (excludes halogenated alkanes) is 3. The van der Waals surface area contributed by atoms with E-state index in [-0.39, 0.29) is 47.3 Å². The zero-order valence-electron chi connectivity index (χ0n) is 34.8. The van der Waals surface area contributed by atoms with Crippen LogP contribution in [0, 0.1) is 25.7 Å². The third-order valence-corrected chi connectivity index (χ3v) is 10.2. The number of allylic oxidation sites excluding steroid dienone is 1. The second kappa shape index (κ2) is 40.3. The number of hydrogen-bond acceptors (Lipinski definition) is 4. The minimum atomic E-state index is -0.221. The fourth-order valence-corrected chi connectivity index (χ4v) is 5.03. The van der Waals surface area contributed by atoms with E-state index in [1.165, 1.54) is 12.5 Å². The van der Waals surface area contributed by atoms with E-state index in [9.17, 15) is 14.4 Å². The molecule has 0 N–H and O–H groups in total. The first kappa shape index (κ1) is 65.1. The molecule has 4 rings (SSSR count). The monoisotopic (exact) mass is 1010 g/mol. The minimum Gasteiger partial charge on any atom is -0.358 e. The van der Waals surface area contributed by atoms with Crippen molar-refractivity contribution in [2.45, 2.75) is 91.9 Å². The predicted molar refractivity (Wildman–Crippen MR) is 266 cm³/mol. The molecule has 60 heavy (non-hydrogen) atoms. The van der Waals surface area contributed by atoms with E-state index in [2.05, 4.69) is 27.4 Å². The molecule has 0 aliphatic heterocycles. The van der Waals surface area contributed by atoms with Crippen molar-refractivity contribution in [3.05, 3.63) is 162 Å². The van der Waals surface area contributed by atoms with Crippen LogP contribution in [0.2, 0.25) is 40.2 Å². The second-order valence-corrected chi connectivity index (χ2v) is 15.6. The summed E-state index contributed by atoms with van der Waals surface area (Å²) in [5, 5.41) is 12.1. The molecule has 0 spiro atoms. The van der Waals surface area contributed by atoms with Gasteiger partial charge in [-0.15, -0.1) is 0 Å². The minimum absolute atomic E-state index is 0. The van der Waals surface area contributed by atoms with Crippen LogP contribution in [0.15, 0.2) is 91.0 Å².